The van der Waals surface area contributed by atoms with Crippen LogP contribution in [0.15, 0.2) is 23.8 Å². The van der Waals surface area contributed by atoms with E-state index in [4.69, 9.17) is 9.47 Å². The number of allylic oxidation sites excluding steroid dienone is 1. The van der Waals surface area contributed by atoms with Gasteiger partial charge in [-0.1, -0.05) is 31.6 Å². The number of esters is 2. The van der Waals surface area contributed by atoms with E-state index in [1.165, 1.54) is 0 Å². The highest BCUT2D eigenvalue weighted by Crippen LogP contribution is 2.71. The molecule has 0 radical (unpaired) electrons. The Morgan fingerprint density at radius 2 is 1.95 bits per heavy atom. The zero-order valence-corrected chi connectivity index (χ0v) is 12.4. The molecule has 2 saturated heterocycles. The second kappa shape index (κ2) is 3.43. The summed E-state index contributed by atoms with van der Waals surface area (Å²) in [7, 11) is 0. The predicted molar refractivity (Wildman–Crippen MR) is 73.3 cm³/mol. The lowest BCUT2D eigenvalue weighted by atomic mass is 9.55. The summed E-state index contributed by atoms with van der Waals surface area (Å²) in [5.41, 5.74) is 0.122. The Bertz CT molecular complexity index is 715. The minimum Gasteiger partial charge on any atom is -0.393 e. The third-order valence-corrected chi connectivity index (χ3v) is 6.41. The molecule has 114 valence electrons. The molecular formula is C17H16O5. The molecule has 0 unspecified atom stereocenters. The van der Waals surface area contributed by atoms with E-state index in [2.05, 4.69) is 19.9 Å². The van der Waals surface area contributed by atoms with Crippen LogP contribution in [0.1, 0.15) is 20.3 Å². The third-order valence-electron chi connectivity index (χ3n) is 6.41. The predicted octanol–water partition coefficient (Wildman–Crippen LogP) is 1.18. The third kappa shape index (κ3) is 1.10. The molecule has 6 atom stereocenters. The minimum absolute atomic E-state index is 0.0195. The topological polar surface area (TPSA) is 69.7 Å². The molecule has 5 heteroatoms. The van der Waals surface area contributed by atoms with Crippen molar-refractivity contribution in [3.05, 3.63) is 23.8 Å². The van der Waals surface area contributed by atoms with Crippen LogP contribution in [-0.4, -0.2) is 29.9 Å². The fraction of sp³-hybridized carbons (Fsp3) is 0.588. The summed E-state index contributed by atoms with van der Waals surface area (Å²) in [5, 5.41) is 0. The maximum absolute atomic E-state index is 12.4. The molecular weight excluding hydrogens is 284 g/mol. The summed E-state index contributed by atoms with van der Waals surface area (Å²) in [6.45, 7) is 4.17. The molecule has 3 heterocycles. The molecule has 0 aromatic heterocycles. The zero-order chi connectivity index (χ0) is 15.4. The summed E-state index contributed by atoms with van der Waals surface area (Å²) in [4.78, 5) is 36.8. The van der Waals surface area contributed by atoms with Gasteiger partial charge in [0.05, 0.1) is 17.9 Å². The molecule has 3 fully saturated rings. The molecule has 22 heavy (non-hydrogen) atoms. The smallest absolute Gasteiger partial charge is 0.318 e. The van der Waals surface area contributed by atoms with Gasteiger partial charge in [0.1, 0.15) is 6.10 Å². The Hall–Kier alpha value is -1.75. The Kier molecular flexibility index (Phi) is 1.99. The molecule has 3 aliphatic heterocycles. The molecule has 0 aromatic rings. The number of ketones is 1. The number of hydrogen-bond donors (Lipinski definition) is 0. The first-order valence-electron chi connectivity index (χ1n) is 7.73. The van der Waals surface area contributed by atoms with Crippen LogP contribution in [0, 0.1) is 28.6 Å². The zero-order valence-electron chi connectivity index (χ0n) is 12.4. The number of carbonyl (C=O) groups excluding carboxylic acids is 3. The SMILES string of the molecule is CC1(C)C2=C[C@@H]3C[C@@]2([C@H]2O[C@@H]1C=CC2=O)[C@H]1C(=O)OC(=O)[C@@H]31. The molecule has 1 saturated carbocycles. The summed E-state index contributed by atoms with van der Waals surface area (Å²) in [6.07, 6.45) is 5.32. The van der Waals surface area contributed by atoms with Crippen LogP contribution < -0.4 is 0 Å². The number of ether oxygens (including phenoxy) is 2. The van der Waals surface area contributed by atoms with Gasteiger partial charge in [-0.25, -0.2) is 0 Å². The van der Waals surface area contributed by atoms with Crippen LogP contribution in [0.25, 0.3) is 0 Å². The first-order chi connectivity index (χ1) is 10.4. The quantitative estimate of drug-likeness (QED) is 0.382. The van der Waals surface area contributed by atoms with Crippen LogP contribution in [0.5, 0.6) is 0 Å². The fourth-order valence-corrected chi connectivity index (χ4v) is 5.61. The molecule has 2 aliphatic carbocycles. The number of fused-ring (bicyclic) bond motifs is 5. The highest BCUT2D eigenvalue weighted by molar-refractivity contribution is 6.02. The highest BCUT2D eigenvalue weighted by atomic mass is 16.6. The number of hydrogen-bond acceptors (Lipinski definition) is 5. The maximum atomic E-state index is 12.4. The van der Waals surface area contributed by atoms with Crippen molar-refractivity contribution in [1.82, 2.24) is 0 Å². The van der Waals surface area contributed by atoms with Crippen LogP contribution in [0.3, 0.4) is 0 Å². The maximum Gasteiger partial charge on any atom is 0.318 e. The minimum atomic E-state index is -0.694. The van der Waals surface area contributed by atoms with Gasteiger partial charge in [-0.2, -0.15) is 0 Å². The summed E-state index contributed by atoms with van der Waals surface area (Å²) >= 11 is 0. The van der Waals surface area contributed by atoms with Crippen LogP contribution >= 0.6 is 0 Å². The van der Waals surface area contributed by atoms with Crippen LogP contribution in [-0.2, 0) is 23.9 Å². The molecule has 0 N–H and O–H groups in total. The molecule has 4 bridgehead atoms. The highest BCUT2D eigenvalue weighted by Gasteiger charge is 2.75. The summed E-state index contributed by atoms with van der Waals surface area (Å²) in [5.74, 6) is -2.05. The van der Waals surface area contributed by atoms with Crippen LogP contribution in [0.2, 0.25) is 0 Å². The van der Waals surface area contributed by atoms with Crippen molar-refractivity contribution < 1.29 is 23.9 Å². The lowest BCUT2D eigenvalue weighted by Crippen LogP contribution is -2.60. The van der Waals surface area contributed by atoms with Crippen molar-refractivity contribution >= 4 is 17.7 Å². The van der Waals surface area contributed by atoms with Gasteiger partial charge in [0.25, 0.3) is 0 Å². The second-order valence-electron chi connectivity index (χ2n) is 7.65. The first kappa shape index (κ1) is 12.8. The lowest BCUT2D eigenvalue weighted by molar-refractivity contribution is -0.171. The fourth-order valence-electron chi connectivity index (χ4n) is 5.61. The van der Waals surface area contributed by atoms with Crippen molar-refractivity contribution in [3.63, 3.8) is 0 Å². The van der Waals surface area contributed by atoms with Crippen molar-refractivity contribution in [2.75, 3.05) is 0 Å². The Labute approximate surface area is 127 Å². The van der Waals surface area contributed by atoms with E-state index < -0.39 is 35.3 Å². The molecule has 0 aromatic carbocycles. The average Bonchev–Trinajstić information content (AvgIpc) is 3.08. The molecule has 0 amide bonds. The van der Waals surface area contributed by atoms with Gasteiger partial charge in [0, 0.05) is 10.8 Å². The number of cyclic esters (lactones) is 2. The molecule has 5 nitrogen and oxygen atoms in total. The summed E-state index contributed by atoms with van der Waals surface area (Å²) in [6, 6.07) is 0. The van der Waals surface area contributed by atoms with Gasteiger partial charge < -0.3 is 9.47 Å². The normalized spacial score (nSPS) is 49.8. The van der Waals surface area contributed by atoms with Crippen molar-refractivity contribution in [1.29, 1.82) is 0 Å². The van der Waals surface area contributed by atoms with E-state index in [1.54, 1.807) is 6.08 Å². The van der Waals surface area contributed by atoms with E-state index in [0.29, 0.717) is 6.42 Å². The molecule has 5 rings (SSSR count). The monoisotopic (exact) mass is 300 g/mol. The summed E-state index contributed by atoms with van der Waals surface area (Å²) < 4.78 is 11.0. The largest absolute Gasteiger partial charge is 0.393 e. The Balaban J connectivity index is 1.78. The van der Waals surface area contributed by atoms with Crippen molar-refractivity contribution in [2.45, 2.75) is 32.5 Å². The van der Waals surface area contributed by atoms with E-state index in [9.17, 15) is 14.4 Å². The van der Waals surface area contributed by atoms with Gasteiger partial charge in [0.2, 0.25) is 0 Å². The van der Waals surface area contributed by atoms with E-state index in [0.717, 1.165) is 5.57 Å². The van der Waals surface area contributed by atoms with Gasteiger partial charge in [-0.05, 0) is 18.4 Å². The van der Waals surface area contributed by atoms with E-state index >= 15 is 0 Å². The first-order valence-corrected chi connectivity index (χ1v) is 7.73. The number of rotatable bonds is 0. The Morgan fingerprint density at radius 1 is 1.18 bits per heavy atom. The number of carbonyl (C=O) groups is 3. The van der Waals surface area contributed by atoms with E-state index in [-0.39, 0.29) is 23.2 Å². The van der Waals surface area contributed by atoms with Gasteiger partial charge >= 0.3 is 11.9 Å². The van der Waals surface area contributed by atoms with Crippen molar-refractivity contribution in [3.8, 4) is 0 Å². The van der Waals surface area contributed by atoms with Gasteiger partial charge in [-0.15, -0.1) is 0 Å². The van der Waals surface area contributed by atoms with E-state index in [1.807, 2.05) is 6.08 Å². The Morgan fingerprint density at radius 3 is 2.73 bits per heavy atom. The lowest BCUT2D eigenvalue weighted by Gasteiger charge is -2.55. The average molecular weight is 300 g/mol. The standard InChI is InChI=1S/C17H16O5/c1-16(2)9-5-7-6-17(9,12-11(7)14(19)22-15(12)20)13-8(18)3-4-10(16)21-13/h3-5,7,10-13H,6H2,1-2H3/t7-,10-,11+,12-,13+,17+/m1/s1. The van der Waals surface area contributed by atoms with Gasteiger partial charge in [-0.3, -0.25) is 14.4 Å². The van der Waals surface area contributed by atoms with Crippen LogP contribution in [0.4, 0.5) is 0 Å². The molecule has 5 aliphatic rings. The molecule has 1 spiro atoms. The van der Waals surface area contributed by atoms with Gasteiger partial charge in [0.15, 0.2) is 5.78 Å². The van der Waals surface area contributed by atoms with Crippen molar-refractivity contribution in [2.24, 2.45) is 28.6 Å². The second-order valence-corrected chi connectivity index (χ2v) is 7.65.